The maximum Gasteiger partial charge on any atom is 0.322 e. The predicted octanol–water partition coefficient (Wildman–Crippen LogP) is 1.95. The second-order valence-electron chi connectivity index (χ2n) is 4.46. The Hall–Kier alpha value is 0.330. The fourth-order valence-corrected chi connectivity index (χ4v) is 4.73. The van der Waals surface area contributed by atoms with Crippen LogP contribution < -0.4 is 0 Å². The van der Waals surface area contributed by atoms with E-state index in [1.807, 2.05) is 0 Å². The molecule has 0 radical (unpaired) electrons. The highest BCUT2D eigenvalue weighted by Gasteiger charge is 2.47. The molecule has 0 spiro atoms. The highest BCUT2D eigenvalue weighted by atomic mass is 79.9. The van der Waals surface area contributed by atoms with Crippen molar-refractivity contribution in [2.24, 2.45) is 5.41 Å². The van der Waals surface area contributed by atoms with Gasteiger partial charge in [0, 0.05) is 5.41 Å². The van der Waals surface area contributed by atoms with Crippen LogP contribution in [0.4, 0.5) is 0 Å². The highest BCUT2D eigenvalue weighted by Crippen LogP contribution is 2.43. The molecule has 4 heteroatoms. The highest BCUT2D eigenvalue weighted by molar-refractivity contribution is 9.49. The van der Waals surface area contributed by atoms with Crippen molar-refractivity contribution in [2.45, 2.75) is 26.4 Å². The molecule has 0 fully saturated rings. The molecule has 0 saturated heterocycles. The zero-order valence-electron chi connectivity index (χ0n) is 7.84. The molecule has 0 aliphatic carbocycles. The Morgan fingerprint density at radius 1 is 1.62 bits per heavy atom. The molecule has 0 saturated carbocycles. The van der Waals surface area contributed by atoms with Crippen molar-refractivity contribution in [3.8, 4) is 0 Å². The average Bonchev–Trinajstić information content (AvgIpc) is 2.26. The van der Waals surface area contributed by atoms with E-state index >= 15 is 0 Å². The lowest BCUT2D eigenvalue weighted by Gasteiger charge is -2.28. The van der Waals surface area contributed by atoms with Crippen LogP contribution in [-0.2, 0) is 14.1 Å². The van der Waals surface area contributed by atoms with Gasteiger partial charge in [0.1, 0.15) is 15.4 Å². The fourth-order valence-electron chi connectivity index (χ4n) is 1.77. The molecule has 2 unspecified atom stereocenters. The van der Waals surface area contributed by atoms with Crippen LogP contribution in [0.25, 0.3) is 0 Å². The topological polar surface area (TPSA) is 29.5 Å². The van der Waals surface area contributed by atoms with Gasteiger partial charge in [-0.15, -0.1) is 0 Å². The first-order valence-corrected chi connectivity index (χ1v) is 7.64. The Bertz CT molecular complexity index is 262. The van der Waals surface area contributed by atoms with E-state index in [0.29, 0.717) is 0 Å². The number of aliphatic hydroxyl groups is 1. The van der Waals surface area contributed by atoms with Crippen molar-refractivity contribution in [1.82, 2.24) is 0 Å². The monoisotopic (exact) mass is 265 g/mol. The molecule has 2 heterocycles. The summed E-state index contributed by atoms with van der Waals surface area (Å²) in [4.78, 5) is 0. The van der Waals surface area contributed by atoms with Gasteiger partial charge in [-0.1, -0.05) is 13.8 Å². The number of halogens is 1. The molecular weight excluding hydrogens is 252 g/mol. The molecule has 2 nitrogen and oxygen atoms in total. The van der Waals surface area contributed by atoms with E-state index in [9.17, 15) is 5.11 Å². The van der Waals surface area contributed by atoms with Gasteiger partial charge >= 0.3 is 5.09 Å². The summed E-state index contributed by atoms with van der Waals surface area (Å²) in [5, 5.41) is 10.8. The molecule has 2 aliphatic heterocycles. The van der Waals surface area contributed by atoms with E-state index in [1.165, 1.54) is 0 Å². The van der Waals surface area contributed by atoms with E-state index in [2.05, 4.69) is 28.7 Å². The SMILES string of the molecule is CC1(C)COC2=C(C1)C(O)C[S+]2Br. The standard InChI is InChI=1S/C9H14BrO2S/c1-9(2)3-6-7(11)4-13(10)8(6)12-5-9/h7,11H,3-5H2,1-2H3/q+1. The largest absolute Gasteiger partial charge is 0.455 e. The van der Waals surface area contributed by atoms with Gasteiger partial charge in [0.05, 0.1) is 12.2 Å². The molecule has 2 rings (SSSR count). The van der Waals surface area contributed by atoms with E-state index in [1.54, 1.807) is 0 Å². The van der Waals surface area contributed by atoms with E-state index < -0.39 is 0 Å². The van der Waals surface area contributed by atoms with Crippen LogP contribution in [0.1, 0.15) is 20.3 Å². The fraction of sp³-hybridized carbons (Fsp3) is 0.778. The molecule has 2 atom stereocenters. The summed E-state index contributed by atoms with van der Waals surface area (Å²) < 4.78 is 5.68. The molecule has 2 aliphatic rings. The lowest BCUT2D eigenvalue weighted by molar-refractivity contribution is 0.0936. The van der Waals surface area contributed by atoms with E-state index in [4.69, 9.17) is 4.74 Å². The van der Waals surface area contributed by atoms with Gasteiger partial charge in [0.2, 0.25) is 14.8 Å². The molecule has 0 aromatic heterocycles. The molecule has 13 heavy (non-hydrogen) atoms. The number of rotatable bonds is 0. The van der Waals surface area contributed by atoms with Crippen molar-refractivity contribution >= 4 is 24.1 Å². The Kier molecular flexibility index (Phi) is 2.41. The second kappa shape index (κ2) is 3.17. The first-order chi connectivity index (χ1) is 5.99. The molecule has 0 aromatic carbocycles. The quantitative estimate of drug-likeness (QED) is 0.679. The van der Waals surface area contributed by atoms with Gasteiger partial charge in [-0.25, -0.2) is 0 Å². The summed E-state index contributed by atoms with van der Waals surface area (Å²) >= 11 is 3.54. The van der Waals surface area contributed by atoms with Gasteiger partial charge < -0.3 is 9.84 Å². The summed E-state index contributed by atoms with van der Waals surface area (Å²) in [6.07, 6.45) is 0.691. The van der Waals surface area contributed by atoms with Gasteiger partial charge in [-0.05, 0) is 6.42 Å². The lowest BCUT2D eigenvalue weighted by atomic mass is 9.84. The van der Waals surface area contributed by atoms with Crippen LogP contribution in [0, 0.1) is 5.41 Å². The average molecular weight is 266 g/mol. The summed E-state index contributed by atoms with van der Waals surface area (Å²) in [5.41, 5.74) is 1.30. The number of aliphatic hydroxyl groups excluding tert-OH is 1. The van der Waals surface area contributed by atoms with Gasteiger partial charge in [0.25, 0.3) is 0 Å². The maximum atomic E-state index is 9.77. The van der Waals surface area contributed by atoms with Crippen molar-refractivity contribution < 1.29 is 9.84 Å². The Labute approximate surface area is 88.9 Å². The second-order valence-corrected chi connectivity index (χ2v) is 8.17. The summed E-state index contributed by atoms with van der Waals surface area (Å²) in [7, 11) is -0.0327. The van der Waals surface area contributed by atoms with Gasteiger partial charge in [-0.2, -0.15) is 0 Å². The van der Waals surface area contributed by atoms with Crippen molar-refractivity contribution in [1.29, 1.82) is 0 Å². The normalized spacial score (nSPS) is 37.2. The number of ether oxygens (including phenoxy) is 1. The Balaban J connectivity index is 2.26. The third kappa shape index (κ3) is 1.76. The van der Waals surface area contributed by atoms with Crippen LogP contribution in [0.15, 0.2) is 10.7 Å². The van der Waals surface area contributed by atoms with Crippen molar-refractivity contribution in [3.05, 3.63) is 10.7 Å². The number of hydrogen-bond acceptors (Lipinski definition) is 2. The summed E-state index contributed by atoms with van der Waals surface area (Å²) in [6.45, 7) is 5.12. The zero-order chi connectivity index (χ0) is 9.64. The Morgan fingerprint density at radius 3 is 3.00 bits per heavy atom. The minimum Gasteiger partial charge on any atom is -0.455 e. The first-order valence-electron chi connectivity index (χ1n) is 4.41. The van der Waals surface area contributed by atoms with Crippen LogP contribution >= 0.6 is 14.8 Å². The third-order valence-electron chi connectivity index (χ3n) is 2.43. The predicted molar refractivity (Wildman–Crippen MR) is 58.5 cm³/mol. The zero-order valence-corrected chi connectivity index (χ0v) is 10.2. The molecule has 0 bridgehead atoms. The van der Waals surface area contributed by atoms with E-state index in [-0.39, 0.29) is 20.8 Å². The molecule has 0 aromatic rings. The maximum absolute atomic E-state index is 9.77. The molecule has 74 valence electrons. The van der Waals surface area contributed by atoms with Crippen LogP contribution in [-0.4, -0.2) is 23.6 Å². The van der Waals surface area contributed by atoms with E-state index in [0.717, 1.165) is 29.4 Å². The molecule has 1 N–H and O–H groups in total. The molecule has 0 amide bonds. The third-order valence-corrected chi connectivity index (χ3v) is 5.50. The van der Waals surface area contributed by atoms with Crippen molar-refractivity contribution in [2.75, 3.05) is 12.4 Å². The lowest BCUT2D eigenvalue weighted by Crippen LogP contribution is -2.27. The van der Waals surface area contributed by atoms with Crippen LogP contribution in [0.5, 0.6) is 0 Å². The number of hydrogen-bond donors (Lipinski definition) is 1. The Morgan fingerprint density at radius 2 is 2.31 bits per heavy atom. The van der Waals surface area contributed by atoms with Gasteiger partial charge in [-0.3, -0.25) is 0 Å². The first kappa shape index (κ1) is 9.87. The minimum absolute atomic E-state index is 0.0327. The van der Waals surface area contributed by atoms with Crippen LogP contribution in [0.3, 0.4) is 0 Å². The minimum atomic E-state index is -0.280. The molecular formula is C9H14BrO2S+. The summed E-state index contributed by atoms with van der Waals surface area (Å²) in [6, 6.07) is 0. The van der Waals surface area contributed by atoms with Gasteiger partial charge in [0.15, 0.2) is 5.75 Å². The smallest absolute Gasteiger partial charge is 0.322 e. The van der Waals surface area contributed by atoms with Crippen molar-refractivity contribution in [3.63, 3.8) is 0 Å². The summed E-state index contributed by atoms with van der Waals surface area (Å²) in [5.74, 6) is 0.792. The van der Waals surface area contributed by atoms with Crippen LogP contribution in [0.2, 0.25) is 0 Å².